The number of carbonyl (C=O) groups excluding carboxylic acids is 1. The maximum atomic E-state index is 12.1. The summed E-state index contributed by atoms with van der Waals surface area (Å²) in [5.41, 5.74) is 0.773. The van der Waals surface area contributed by atoms with Crippen LogP contribution in [0.25, 0.3) is 0 Å². The number of nitrogens with zero attached hydrogens (tertiary/aromatic N) is 2. The van der Waals surface area contributed by atoms with Crippen LogP contribution in [0.4, 0.5) is 10.5 Å². The lowest BCUT2D eigenvalue weighted by molar-refractivity contribution is 0.252. The summed E-state index contributed by atoms with van der Waals surface area (Å²) in [5, 5.41) is 6.35. The number of benzene rings is 1. The number of urea groups is 1. The highest BCUT2D eigenvalue weighted by Gasteiger charge is 2.12. The van der Waals surface area contributed by atoms with Gasteiger partial charge in [0.25, 0.3) is 0 Å². The third kappa shape index (κ3) is 7.52. The Labute approximate surface area is 143 Å². The zero-order valence-electron chi connectivity index (χ0n) is 14.6. The zero-order valence-corrected chi connectivity index (χ0v) is 15.4. The first-order valence-corrected chi connectivity index (χ1v) is 8.82. The number of hydrogen-bond donors (Lipinski definition) is 2. The molecule has 0 spiro atoms. The summed E-state index contributed by atoms with van der Waals surface area (Å²) in [4.78, 5) is 18.0. The molecule has 128 valence electrons. The van der Waals surface area contributed by atoms with Crippen molar-refractivity contribution in [1.82, 2.24) is 10.6 Å². The Kier molecular flexibility index (Phi) is 8.73. The van der Waals surface area contributed by atoms with Crippen LogP contribution in [0.2, 0.25) is 0 Å². The average Bonchev–Trinajstić information content (AvgIpc) is 2.53. The van der Waals surface area contributed by atoms with Gasteiger partial charge in [-0.05, 0) is 31.5 Å². The Morgan fingerprint density at radius 3 is 2.52 bits per heavy atom. The summed E-state index contributed by atoms with van der Waals surface area (Å²) in [6, 6.07) is 9.28. The van der Waals surface area contributed by atoms with Crippen LogP contribution >= 0.6 is 11.8 Å². The fourth-order valence-electron chi connectivity index (χ4n) is 2.14. The molecule has 1 rings (SSSR count). The molecule has 1 aromatic carbocycles. The van der Waals surface area contributed by atoms with Crippen molar-refractivity contribution in [2.45, 2.75) is 37.9 Å². The van der Waals surface area contributed by atoms with Gasteiger partial charge in [0.1, 0.15) is 5.50 Å². The summed E-state index contributed by atoms with van der Waals surface area (Å²) in [5.74, 6) is 0.665. The SMILES string of the molecule is CNC(/N=C\NC(=O)N(C)c1ccccc1)SC(C)CC(C)C. The number of anilines is 1. The molecule has 0 fully saturated rings. The molecule has 0 radical (unpaired) electrons. The van der Waals surface area contributed by atoms with Crippen molar-refractivity contribution in [3.63, 3.8) is 0 Å². The molecule has 2 atom stereocenters. The summed E-state index contributed by atoms with van der Waals surface area (Å²) in [6.07, 6.45) is 2.61. The smallest absolute Gasteiger partial charge is 0.298 e. The lowest BCUT2D eigenvalue weighted by atomic mass is 10.1. The van der Waals surface area contributed by atoms with Crippen LogP contribution in [-0.4, -0.2) is 37.2 Å². The number of para-hydroxylation sites is 1. The Hall–Kier alpha value is -1.53. The number of hydrogen-bond acceptors (Lipinski definition) is 4. The van der Waals surface area contributed by atoms with E-state index in [-0.39, 0.29) is 11.5 Å². The van der Waals surface area contributed by atoms with E-state index in [1.165, 1.54) is 6.34 Å². The molecule has 0 saturated heterocycles. The van der Waals surface area contributed by atoms with Crippen molar-refractivity contribution < 1.29 is 4.79 Å². The van der Waals surface area contributed by atoms with Crippen molar-refractivity contribution in [2.75, 3.05) is 19.0 Å². The van der Waals surface area contributed by atoms with Gasteiger partial charge < -0.3 is 0 Å². The molecule has 0 saturated carbocycles. The number of carbonyl (C=O) groups is 1. The first-order chi connectivity index (χ1) is 10.9. The normalized spacial score (nSPS) is 14.0. The van der Waals surface area contributed by atoms with Gasteiger partial charge in [0.2, 0.25) is 0 Å². The van der Waals surface area contributed by atoms with Crippen LogP contribution in [-0.2, 0) is 0 Å². The Bertz CT molecular complexity index is 493. The van der Waals surface area contributed by atoms with Crippen LogP contribution in [0, 0.1) is 5.92 Å². The van der Waals surface area contributed by atoms with Crippen LogP contribution in [0.3, 0.4) is 0 Å². The zero-order chi connectivity index (χ0) is 17.2. The third-order valence-corrected chi connectivity index (χ3v) is 4.53. The summed E-state index contributed by atoms with van der Waals surface area (Å²) >= 11 is 1.76. The summed E-state index contributed by atoms with van der Waals surface area (Å²) < 4.78 is 0. The molecule has 0 aliphatic carbocycles. The monoisotopic (exact) mass is 336 g/mol. The molecule has 2 unspecified atom stereocenters. The quantitative estimate of drug-likeness (QED) is 0.434. The predicted molar refractivity (Wildman–Crippen MR) is 101 cm³/mol. The third-order valence-electron chi connectivity index (χ3n) is 3.26. The van der Waals surface area contributed by atoms with Gasteiger partial charge in [-0.15, -0.1) is 11.8 Å². The highest BCUT2D eigenvalue weighted by Crippen LogP contribution is 2.22. The molecule has 2 amide bonds. The van der Waals surface area contributed by atoms with Crippen molar-refractivity contribution in [3.05, 3.63) is 30.3 Å². The van der Waals surface area contributed by atoms with E-state index in [9.17, 15) is 4.79 Å². The van der Waals surface area contributed by atoms with Crippen molar-refractivity contribution in [1.29, 1.82) is 0 Å². The summed E-state index contributed by atoms with van der Waals surface area (Å²) in [6.45, 7) is 6.63. The van der Waals surface area contributed by atoms with E-state index in [0.29, 0.717) is 11.2 Å². The molecular weight excluding hydrogens is 308 g/mol. The number of thioether (sulfide) groups is 1. The lowest BCUT2D eigenvalue weighted by Gasteiger charge is -2.19. The fourth-order valence-corrected chi connectivity index (χ4v) is 3.35. The number of amides is 2. The second-order valence-electron chi connectivity index (χ2n) is 5.84. The Morgan fingerprint density at radius 1 is 1.30 bits per heavy atom. The predicted octanol–water partition coefficient (Wildman–Crippen LogP) is 3.53. The van der Waals surface area contributed by atoms with E-state index in [2.05, 4.69) is 36.4 Å². The van der Waals surface area contributed by atoms with Crippen LogP contribution in [0.15, 0.2) is 35.3 Å². The van der Waals surface area contributed by atoms with Gasteiger partial charge in [-0.25, -0.2) is 9.79 Å². The van der Waals surface area contributed by atoms with Gasteiger partial charge in [-0.2, -0.15) is 0 Å². The molecule has 2 N–H and O–H groups in total. The van der Waals surface area contributed by atoms with Crippen LogP contribution < -0.4 is 15.5 Å². The van der Waals surface area contributed by atoms with Gasteiger partial charge in [-0.3, -0.25) is 15.5 Å². The molecule has 5 nitrogen and oxygen atoms in total. The van der Waals surface area contributed by atoms with E-state index in [1.54, 1.807) is 23.7 Å². The van der Waals surface area contributed by atoms with E-state index in [4.69, 9.17) is 0 Å². The highest BCUT2D eigenvalue weighted by molar-refractivity contribution is 8.00. The van der Waals surface area contributed by atoms with Crippen molar-refractivity contribution in [2.24, 2.45) is 10.9 Å². The van der Waals surface area contributed by atoms with Crippen molar-refractivity contribution >= 4 is 29.8 Å². The number of aliphatic imine (C=N–C) groups is 1. The number of nitrogens with one attached hydrogen (secondary N) is 2. The molecule has 0 bridgehead atoms. The van der Waals surface area contributed by atoms with E-state index in [1.807, 2.05) is 37.4 Å². The molecule has 1 aromatic rings. The minimum Gasteiger partial charge on any atom is -0.298 e. The van der Waals surface area contributed by atoms with E-state index in [0.717, 1.165) is 12.1 Å². The van der Waals surface area contributed by atoms with Gasteiger partial charge in [0.05, 0.1) is 6.34 Å². The average molecular weight is 337 g/mol. The van der Waals surface area contributed by atoms with Crippen LogP contribution in [0.5, 0.6) is 0 Å². The Balaban J connectivity index is 2.47. The summed E-state index contributed by atoms with van der Waals surface area (Å²) in [7, 11) is 3.60. The lowest BCUT2D eigenvalue weighted by Crippen LogP contribution is -2.37. The molecule has 0 aliphatic heterocycles. The molecule has 23 heavy (non-hydrogen) atoms. The van der Waals surface area contributed by atoms with Gasteiger partial charge in [-0.1, -0.05) is 39.0 Å². The Morgan fingerprint density at radius 2 is 1.96 bits per heavy atom. The van der Waals surface area contributed by atoms with Gasteiger partial charge in [0.15, 0.2) is 0 Å². The van der Waals surface area contributed by atoms with E-state index < -0.39 is 0 Å². The molecule has 0 aromatic heterocycles. The second kappa shape index (κ2) is 10.3. The fraction of sp³-hybridized carbons (Fsp3) is 0.529. The number of rotatable bonds is 8. The largest absolute Gasteiger partial charge is 0.326 e. The minimum absolute atomic E-state index is 0.0638. The minimum atomic E-state index is -0.213. The molecular formula is C17H28N4OS. The van der Waals surface area contributed by atoms with Gasteiger partial charge in [0, 0.05) is 18.0 Å². The standard InChI is InChI=1S/C17H28N4OS/c1-13(2)11-14(3)23-16(18-4)19-12-20-17(22)21(5)15-9-7-6-8-10-15/h6-10,12-14,16,18H,11H2,1-5H3,(H,19,20,22). The first-order valence-electron chi connectivity index (χ1n) is 7.87. The second-order valence-corrected chi connectivity index (χ2v) is 7.36. The highest BCUT2D eigenvalue weighted by atomic mass is 32.2. The van der Waals surface area contributed by atoms with Crippen LogP contribution in [0.1, 0.15) is 27.2 Å². The molecule has 0 aliphatic rings. The molecule has 0 heterocycles. The molecule has 6 heteroatoms. The van der Waals surface area contributed by atoms with E-state index >= 15 is 0 Å². The first kappa shape index (κ1) is 19.5. The van der Waals surface area contributed by atoms with Crippen molar-refractivity contribution in [3.8, 4) is 0 Å². The maximum Gasteiger partial charge on any atom is 0.326 e. The topological polar surface area (TPSA) is 56.7 Å². The maximum absolute atomic E-state index is 12.1. The van der Waals surface area contributed by atoms with Gasteiger partial charge >= 0.3 is 6.03 Å².